The summed E-state index contributed by atoms with van der Waals surface area (Å²) in [6.07, 6.45) is 2.30. The van der Waals surface area contributed by atoms with Gasteiger partial charge in [0, 0.05) is 17.0 Å². The molecule has 1 aromatic heterocycles. The van der Waals surface area contributed by atoms with Gasteiger partial charge in [0.15, 0.2) is 5.15 Å². The number of anilines is 1. The summed E-state index contributed by atoms with van der Waals surface area (Å²) in [5.74, 6) is 0.179. The molecule has 1 N–H and O–H groups in total. The third-order valence-corrected chi connectivity index (χ3v) is 3.72. The molecular weight excluding hydrogens is 297 g/mol. The van der Waals surface area contributed by atoms with E-state index in [0.717, 1.165) is 12.0 Å². The molecule has 1 aromatic carbocycles. The van der Waals surface area contributed by atoms with Gasteiger partial charge in [0.2, 0.25) is 5.91 Å². The molecule has 1 amide bonds. The van der Waals surface area contributed by atoms with Crippen molar-refractivity contribution in [3.05, 3.63) is 52.3 Å². The minimum atomic E-state index is -0.0287. The lowest BCUT2D eigenvalue weighted by molar-refractivity contribution is -0.117. The Morgan fingerprint density at radius 3 is 2.90 bits per heavy atom. The quantitative estimate of drug-likeness (QED) is 0.944. The second kappa shape index (κ2) is 5.38. The molecule has 1 aliphatic rings. The maximum Gasteiger partial charge on any atom is 0.228 e. The molecule has 0 radical (unpaired) electrons. The molecule has 1 aliphatic carbocycles. The van der Waals surface area contributed by atoms with Crippen molar-refractivity contribution in [1.29, 1.82) is 0 Å². The summed E-state index contributed by atoms with van der Waals surface area (Å²) in [4.78, 5) is 12.1. The van der Waals surface area contributed by atoms with Crippen LogP contribution in [0.1, 0.15) is 17.9 Å². The first-order valence-electron chi connectivity index (χ1n) is 6.18. The lowest BCUT2D eigenvalue weighted by Gasteiger charge is -2.04. The first kappa shape index (κ1) is 13.3. The van der Waals surface area contributed by atoms with Crippen LogP contribution in [0.5, 0.6) is 0 Å². The Kier molecular flexibility index (Phi) is 3.59. The van der Waals surface area contributed by atoms with Crippen LogP contribution >= 0.6 is 23.2 Å². The molecule has 2 atom stereocenters. The van der Waals surface area contributed by atoms with Crippen molar-refractivity contribution in [2.75, 3.05) is 5.32 Å². The molecule has 3 rings (SSSR count). The van der Waals surface area contributed by atoms with E-state index in [9.17, 15) is 4.79 Å². The van der Waals surface area contributed by atoms with E-state index in [-0.39, 0.29) is 22.9 Å². The summed E-state index contributed by atoms with van der Waals surface area (Å²) < 4.78 is 0. The molecule has 6 heteroatoms. The van der Waals surface area contributed by atoms with Gasteiger partial charge in [-0.05, 0) is 30.0 Å². The fourth-order valence-electron chi connectivity index (χ4n) is 2.23. The fourth-order valence-corrected chi connectivity index (χ4v) is 2.59. The third-order valence-electron chi connectivity index (χ3n) is 3.30. The first-order valence-corrected chi connectivity index (χ1v) is 6.93. The van der Waals surface area contributed by atoms with E-state index in [1.54, 1.807) is 6.07 Å². The number of rotatable bonds is 3. The van der Waals surface area contributed by atoms with Crippen molar-refractivity contribution in [2.24, 2.45) is 5.92 Å². The molecular formula is C14H11Cl2N3O. The number of aromatic nitrogens is 2. The summed E-state index contributed by atoms with van der Waals surface area (Å²) in [5, 5.41) is 11.1. The van der Waals surface area contributed by atoms with Crippen LogP contribution in [0, 0.1) is 5.92 Å². The standard InChI is InChI=1S/C14H11Cl2N3O/c15-9-3-1-2-8(4-9)11-6-12(11)14(20)18-10-5-13(16)19-17-7-10/h1-5,7,11-12H,6H2,(H,18,19,20)/t11-,12+/m1/s1. The molecule has 1 heterocycles. The van der Waals surface area contributed by atoms with Crippen LogP contribution in [0.25, 0.3) is 0 Å². The van der Waals surface area contributed by atoms with Gasteiger partial charge in [-0.1, -0.05) is 35.3 Å². The normalized spacial score (nSPS) is 20.5. The Bertz CT molecular complexity index is 662. The van der Waals surface area contributed by atoms with Gasteiger partial charge in [-0.2, -0.15) is 5.10 Å². The van der Waals surface area contributed by atoms with Gasteiger partial charge < -0.3 is 5.32 Å². The molecule has 0 saturated heterocycles. The molecule has 1 fully saturated rings. The van der Waals surface area contributed by atoms with Crippen LogP contribution in [0.3, 0.4) is 0 Å². The highest BCUT2D eigenvalue weighted by molar-refractivity contribution is 6.30. The third kappa shape index (κ3) is 2.92. The van der Waals surface area contributed by atoms with E-state index < -0.39 is 0 Å². The molecule has 4 nitrogen and oxygen atoms in total. The van der Waals surface area contributed by atoms with Gasteiger partial charge >= 0.3 is 0 Å². The predicted octanol–water partition coefficient (Wildman–Crippen LogP) is 3.53. The number of benzene rings is 1. The summed E-state index contributed by atoms with van der Waals surface area (Å²) in [6.45, 7) is 0. The summed E-state index contributed by atoms with van der Waals surface area (Å²) >= 11 is 11.7. The van der Waals surface area contributed by atoms with Crippen LogP contribution in [-0.4, -0.2) is 16.1 Å². The van der Waals surface area contributed by atoms with Crippen molar-refractivity contribution >= 4 is 34.8 Å². The van der Waals surface area contributed by atoms with Gasteiger partial charge in [0.05, 0.1) is 11.9 Å². The molecule has 1 saturated carbocycles. The smallest absolute Gasteiger partial charge is 0.228 e. The lowest BCUT2D eigenvalue weighted by Crippen LogP contribution is -2.14. The Hall–Kier alpha value is -1.65. The number of nitrogens with zero attached hydrogens (tertiary/aromatic N) is 2. The maximum absolute atomic E-state index is 12.1. The van der Waals surface area contributed by atoms with Gasteiger partial charge in [0.25, 0.3) is 0 Å². The average Bonchev–Trinajstić information content (AvgIpc) is 3.19. The summed E-state index contributed by atoms with van der Waals surface area (Å²) in [6, 6.07) is 9.20. The van der Waals surface area contributed by atoms with Crippen molar-refractivity contribution < 1.29 is 4.79 Å². The SMILES string of the molecule is O=C(Nc1cnnc(Cl)c1)[C@H]1C[C@@H]1c1cccc(Cl)c1. The zero-order chi connectivity index (χ0) is 14.1. The monoisotopic (exact) mass is 307 g/mol. The van der Waals surface area contributed by atoms with Gasteiger partial charge in [-0.25, -0.2) is 0 Å². The van der Waals surface area contributed by atoms with E-state index >= 15 is 0 Å². The lowest BCUT2D eigenvalue weighted by atomic mass is 10.1. The molecule has 20 heavy (non-hydrogen) atoms. The largest absolute Gasteiger partial charge is 0.324 e. The van der Waals surface area contributed by atoms with E-state index in [1.807, 2.05) is 24.3 Å². The molecule has 0 aliphatic heterocycles. The van der Waals surface area contributed by atoms with Crippen molar-refractivity contribution in [1.82, 2.24) is 10.2 Å². The number of hydrogen-bond donors (Lipinski definition) is 1. The van der Waals surface area contributed by atoms with Crippen LogP contribution < -0.4 is 5.32 Å². The van der Waals surface area contributed by atoms with Gasteiger partial charge in [0.1, 0.15) is 0 Å². The Labute approximate surface area is 126 Å². The Morgan fingerprint density at radius 1 is 1.30 bits per heavy atom. The van der Waals surface area contributed by atoms with E-state index in [2.05, 4.69) is 15.5 Å². The van der Waals surface area contributed by atoms with Crippen LogP contribution in [0.2, 0.25) is 10.2 Å². The summed E-state index contributed by atoms with van der Waals surface area (Å²) in [7, 11) is 0. The fraction of sp³-hybridized carbons (Fsp3) is 0.214. The van der Waals surface area contributed by atoms with E-state index in [0.29, 0.717) is 10.7 Å². The summed E-state index contributed by atoms with van der Waals surface area (Å²) in [5.41, 5.74) is 1.66. The maximum atomic E-state index is 12.1. The number of carbonyl (C=O) groups is 1. The highest BCUT2D eigenvalue weighted by atomic mass is 35.5. The zero-order valence-corrected chi connectivity index (χ0v) is 11.9. The molecule has 0 bridgehead atoms. The Morgan fingerprint density at radius 2 is 2.15 bits per heavy atom. The minimum absolute atomic E-state index is 0.0274. The molecule has 2 aromatic rings. The number of nitrogens with one attached hydrogen (secondary N) is 1. The van der Waals surface area contributed by atoms with Crippen LogP contribution in [0.4, 0.5) is 5.69 Å². The van der Waals surface area contributed by atoms with Crippen molar-refractivity contribution in [2.45, 2.75) is 12.3 Å². The zero-order valence-electron chi connectivity index (χ0n) is 10.4. The van der Waals surface area contributed by atoms with Crippen molar-refractivity contribution in [3.8, 4) is 0 Å². The van der Waals surface area contributed by atoms with Crippen molar-refractivity contribution in [3.63, 3.8) is 0 Å². The molecule has 102 valence electrons. The highest BCUT2D eigenvalue weighted by Crippen LogP contribution is 2.48. The topological polar surface area (TPSA) is 54.9 Å². The van der Waals surface area contributed by atoms with Gasteiger partial charge in [-0.3, -0.25) is 4.79 Å². The number of halogens is 2. The minimum Gasteiger partial charge on any atom is -0.324 e. The number of hydrogen-bond acceptors (Lipinski definition) is 3. The van der Waals surface area contributed by atoms with E-state index in [4.69, 9.17) is 23.2 Å². The highest BCUT2D eigenvalue weighted by Gasteiger charge is 2.44. The van der Waals surface area contributed by atoms with Crippen LogP contribution in [0.15, 0.2) is 36.5 Å². The number of carbonyl (C=O) groups excluding carboxylic acids is 1. The Balaban J connectivity index is 1.66. The average molecular weight is 308 g/mol. The van der Waals surface area contributed by atoms with Gasteiger partial charge in [-0.15, -0.1) is 5.10 Å². The second-order valence-corrected chi connectivity index (χ2v) is 5.58. The number of amides is 1. The first-order chi connectivity index (χ1) is 9.63. The molecule has 0 spiro atoms. The molecule has 0 unspecified atom stereocenters. The van der Waals surface area contributed by atoms with Crippen LogP contribution in [-0.2, 0) is 4.79 Å². The second-order valence-electron chi connectivity index (χ2n) is 4.76. The predicted molar refractivity (Wildman–Crippen MR) is 78.0 cm³/mol. The van der Waals surface area contributed by atoms with E-state index in [1.165, 1.54) is 6.20 Å².